The van der Waals surface area contributed by atoms with E-state index in [2.05, 4.69) is 30.3 Å². The highest BCUT2D eigenvalue weighted by atomic mass is 16.3. The molecule has 5 heterocycles. The highest BCUT2D eigenvalue weighted by Crippen LogP contribution is 2.26. The van der Waals surface area contributed by atoms with Crippen LogP contribution in [0.15, 0.2) is 59.3 Å². The van der Waals surface area contributed by atoms with Gasteiger partial charge < -0.3 is 20.4 Å². The molecule has 6 rings (SSSR count). The third-order valence-corrected chi connectivity index (χ3v) is 6.73. The first-order valence-electron chi connectivity index (χ1n) is 11.9. The SMILES string of the molecule is CNC(=O)c1ccc(N2CCN(CCn3ncc4c3nc(N)n3nc(-c5ccco5)cc43)CC2)cc1. The van der Waals surface area contributed by atoms with Gasteiger partial charge in [0.1, 0.15) is 5.69 Å². The zero-order valence-corrected chi connectivity index (χ0v) is 20.0. The number of hydrogen-bond acceptors (Lipinski definition) is 8. The van der Waals surface area contributed by atoms with Gasteiger partial charge in [-0.05, 0) is 42.5 Å². The number of nitrogens with two attached hydrogens (primary N) is 1. The number of aromatic nitrogens is 5. The Kier molecular flexibility index (Phi) is 5.53. The molecule has 0 radical (unpaired) electrons. The first-order chi connectivity index (χ1) is 17.6. The van der Waals surface area contributed by atoms with Crippen LogP contribution in [-0.2, 0) is 6.54 Å². The average Bonchev–Trinajstić information content (AvgIpc) is 3.67. The van der Waals surface area contributed by atoms with E-state index < -0.39 is 0 Å². The number of amides is 1. The van der Waals surface area contributed by atoms with Crippen molar-refractivity contribution in [1.82, 2.24) is 34.6 Å². The maximum Gasteiger partial charge on any atom is 0.251 e. The smallest absolute Gasteiger partial charge is 0.251 e. The molecule has 11 nitrogen and oxygen atoms in total. The van der Waals surface area contributed by atoms with E-state index in [1.165, 1.54) is 0 Å². The van der Waals surface area contributed by atoms with Crippen LogP contribution in [0.4, 0.5) is 11.6 Å². The van der Waals surface area contributed by atoms with Gasteiger partial charge in [-0.2, -0.15) is 19.7 Å². The fourth-order valence-corrected chi connectivity index (χ4v) is 4.72. The van der Waals surface area contributed by atoms with E-state index in [0.717, 1.165) is 55.0 Å². The lowest BCUT2D eigenvalue weighted by Crippen LogP contribution is -2.47. The Morgan fingerprint density at radius 2 is 1.92 bits per heavy atom. The lowest BCUT2D eigenvalue weighted by atomic mass is 10.1. The second-order valence-electron chi connectivity index (χ2n) is 8.83. The summed E-state index contributed by atoms with van der Waals surface area (Å²) in [5, 5.41) is 12.7. The van der Waals surface area contributed by atoms with E-state index in [0.29, 0.717) is 29.5 Å². The second-order valence-corrected chi connectivity index (χ2v) is 8.83. The minimum Gasteiger partial charge on any atom is -0.463 e. The molecule has 11 heteroatoms. The van der Waals surface area contributed by atoms with Gasteiger partial charge >= 0.3 is 0 Å². The summed E-state index contributed by atoms with van der Waals surface area (Å²) in [6.45, 7) is 5.33. The number of nitrogens with zero attached hydrogens (tertiary/aromatic N) is 7. The van der Waals surface area contributed by atoms with Crippen LogP contribution in [-0.4, -0.2) is 75.0 Å². The first-order valence-corrected chi connectivity index (χ1v) is 11.9. The maximum atomic E-state index is 11.8. The van der Waals surface area contributed by atoms with Crippen molar-refractivity contribution in [3.8, 4) is 11.5 Å². The van der Waals surface area contributed by atoms with Gasteiger partial charge in [-0.3, -0.25) is 9.69 Å². The fourth-order valence-electron chi connectivity index (χ4n) is 4.72. The number of furan rings is 1. The molecule has 1 fully saturated rings. The zero-order chi connectivity index (χ0) is 24.6. The second kappa shape index (κ2) is 9.00. The molecule has 184 valence electrons. The summed E-state index contributed by atoms with van der Waals surface area (Å²) in [5.74, 6) is 0.925. The zero-order valence-electron chi connectivity index (χ0n) is 20.0. The summed E-state index contributed by atoms with van der Waals surface area (Å²) in [5.41, 5.74) is 10.4. The number of carbonyl (C=O) groups is 1. The lowest BCUT2D eigenvalue weighted by molar-refractivity contribution is 0.0963. The van der Waals surface area contributed by atoms with Gasteiger partial charge in [0.25, 0.3) is 5.91 Å². The number of anilines is 2. The van der Waals surface area contributed by atoms with E-state index in [9.17, 15) is 4.79 Å². The number of nitrogen functional groups attached to an aromatic ring is 1. The number of hydrogen-bond donors (Lipinski definition) is 2. The van der Waals surface area contributed by atoms with Crippen LogP contribution in [0.1, 0.15) is 10.4 Å². The Morgan fingerprint density at radius 1 is 1.11 bits per heavy atom. The van der Waals surface area contributed by atoms with Crippen LogP contribution >= 0.6 is 0 Å². The molecule has 5 aromatic rings. The van der Waals surface area contributed by atoms with Crippen molar-refractivity contribution in [2.24, 2.45) is 0 Å². The molecule has 1 aromatic carbocycles. The van der Waals surface area contributed by atoms with E-state index >= 15 is 0 Å². The molecule has 0 unspecified atom stereocenters. The predicted octanol–water partition coefficient (Wildman–Crippen LogP) is 2.10. The van der Waals surface area contributed by atoms with Gasteiger partial charge in [0.2, 0.25) is 5.95 Å². The molecule has 3 N–H and O–H groups in total. The van der Waals surface area contributed by atoms with Crippen molar-refractivity contribution in [1.29, 1.82) is 0 Å². The summed E-state index contributed by atoms with van der Waals surface area (Å²) >= 11 is 0. The quantitative estimate of drug-likeness (QED) is 0.375. The van der Waals surface area contributed by atoms with E-state index in [-0.39, 0.29) is 5.91 Å². The van der Waals surface area contributed by atoms with Crippen LogP contribution in [0, 0.1) is 0 Å². The summed E-state index contributed by atoms with van der Waals surface area (Å²) in [4.78, 5) is 21.1. The molecule has 1 aliphatic rings. The molecular formula is C25H27N9O2. The summed E-state index contributed by atoms with van der Waals surface area (Å²) in [6.07, 6.45) is 3.45. The monoisotopic (exact) mass is 485 g/mol. The Bertz CT molecular complexity index is 1510. The number of fused-ring (bicyclic) bond motifs is 3. The van der Waals surface area contributed by atoms with E-state index in [1.807, 2.05) is 53.3 Å². The van der Waals surface area contributed by atoms with Crippen molar-refractivity contribution < 1.29 is 9.21 Å². The van der Waals surface area contributed by atoms with Gasteiger partial charge in [0.05, 0.1) is 29.9 Å². The van der Waals surface area contributed by atoms with Crippen LogP contribution in [0.5, 0.6) is 0 Å². The van der Waals surface area contributed by atoms with Gasteiger partial charge in [0.15, 0.2) is 11.4 Å². The number of nitrogens with one attached hydrogen (secondary N) is 1. The molecule has 0 saturated carbocycles. The van der Waals surface area contributed by atoms with Gasteiger partial charge in [-0.1, -0.05) is 0 Å². The third kappa shape index (κ3) is 3.93. The average molecular weight is 486 g/mol. The number of benzene rings is 1. The maximum absolute atomic E-state index is 11.8. The van der Waals surface area contributed by atoms with E-state index in [1.54, 1.807) is 17.8 Å². The largest absolute Gasteiger partial charge is 0.463 e. The molecule has 0 atom stereocenters. The molecule has 0 bridgehead atoms. The van der Waals surface area contributed by atoms with Crippen molar-refractivity contribution in [3.05, 3.63) is 60.5 Å². The Balaban J connectivity index is 1.12. The highest BCUT2D eigenvalue weighted by Gasteiger charge is 2.19. The molecule has 0 aliphatic carbocycles. The summed E-state index contributed by atoms with van der Waals surface area (Å²) < 4.78 is 9.03. The van der Waals surface area contributed by atoms with Crippen LogP contribution in [0.2, 0.25) is 0 Å². The molecule has 1 aliphatic heterocycles. The molecule has 0 spiro atoms. The third-order valence-electron chi connectivity index (χ3n) is 6.73. The first kappa shape index (κ1) is 22.1. The Morgan fingerprint density at radius 3 is 2.64 bits per heavy atom. The molecule has 1 amide bonds. The molecular weight excluding hydrogens is 458 g/mol. The van der Waals surface area contributed by atoms with Crippen molar-refractivity contribution in [3.63, 3.8) is 0 Å². The summed E-state index contributed by atoms with van der Waals surface area (Å²) in [6, 6.07) is 13.4. The number of piperazine rings is 1. The van der Waals surface area contributed by atoms with E-state index in [4.69, 9.17) is 10.2 Å². The lowest BCUT2D eigenvalue weighted by Gasteiger charge is -2.36. The van der Waals surface area contributed by atoms with Crippen molar-refractivity contribution >= 4 is 34.1 Å². The minimum absolute atomic E-state index is 0.0688. The Hall–Kier alpha value is -4.38. The summed E-state index contributed by atoms with van der Waals surface area (Å²) in [7, 11) is 1.64. The number of carbonyl (C=O) groups excluding carboxylic acids is 1. The highest BCUT2D eigenvalue weighted by molar-refractivity contribution is 5.94. The minimum atomic E-state index is -0.0688. The number of rotatable bonds is 6. The van der Waals surface area contributed by atoms with Crippen molar-refractivity contribution in [2.75, 3.05) is 50.4 Å². The van der Waals surface area contributed by atoms with Gasteiger partial charge in [-0.15, -0.1) is 0 Å². The van der Waals surface area contributed by atoms with Gasteiger partial charge in [-0.25, -0.2) is 4.68 Å². The molecule has 4 aromatic heterocycles. The Labute approximate surface area is 207 Å². The van der Waals surface area contributed by atoms with Gasteiger partial charge in [0, 0.05) is 51.0 Å². The fraction of sp³-hybridized carbons (Fsp3) is 0.280. The van der Waals surface area contributed by atoms with Crippen molar-refractivity contribution in [2.45, 2.75) is 6.54 Å². The topological polar surface area (TPSA) is 123 Å². The van der Waals surface area contributed by atoms with Crippen LogP contribution in [0.3, 0.4) is 0 Å². The standard InChI is InChI=1S/C25H27N9O2/c1-27-24(35)17-4-6-18(7-5-17)32-11-8-31(9-12-32)10-13-33-23-19(16-28-33)21-15-20(22-3-2-14-36-22)30-34(21)25(26)29-23/h2-7,14-16H,8-13H2,1H3,(H2,26,29)(H,27,35). The molecule has 36 heavy (non-hydrogen) atoms. The normalized spacial score (nSPS) is 14.6. The molecule has 1 saturated heterocycles. The van der Waals surface area contributed by atoms with Crippen LogP contribution in [0.25, 0.3) is 28.0 Å². The van der Waals surface area contributed by atoms with Crippen LogP contribution < -0.4 is 16.0 Å². The predicted molar refractivity (Wildman–Crippen MR) is 137 cm³/mol.